The Bertz CT molecular complexity index is 959. The summed E-state index contributed by atoms with van der Waals surface area (Å²) in [6.07, 6.45) is -1.92. The minimum Gasteiger partial charge on any atom is -0.390 e. The molecule has 3 atom stereocenters. The molecule has 156 valence electrons. The number of carbonyl (C=O) groups excluding carboxylic acids is 3. The first-order valence-electron chi connectivity index (χ1n) is 9.62. The fourth-order valence-corrected chi connectivity index (χ4v) is 3.94. The highest BCUT2D eigenvalue weighted by atomic mass is 16.5. The van der Waals surface area contributed by atoms with Crippen LogP contribution in [0.4, 0.5) is 0 Å². The molecule has 0 saturated carbocycles. The number of hydrogen-bond donors (Lipinski definition) is 2. The Balaban J connectivity index is 1.43. The summed E-state index contributed by atoms with van der Waals surface area (Å²) < 4.78 is 5.68. The Hall–Kier alpha value is -3.07. The van der Waals surface area contributed by atoms with Crippen molar-refractivity contribution in [2.24, 2.45) is 5.41 Å². The lowest BCUT2D eigenvalue weighted by Gasteiger charge is -2.31. The van der Waals surface area contributed by atoms with E-state index >= 15 is 0 Å². The van der Waals surface area contributed by atoms with E-state index in [1.165, 1.54) is 0 Å². The van der Waals surface area contributed by atoms with Gasteiger partial charge in [-0.2, -0.15) is 0 Å². The van der Waals surface area contributed by atoms with Crippen LogP contribution >= 0.6 is 0 Å². The summed E-state index contributed by atoms with van der Waals surface area (Å²) in [7, 11) is 0. The number of hydrogen-bond acceptors (Lipinski definition) is 6. The van der Waals surface area contributed by atoms with E-state index in [9.17, 15) is 24.7 Å². The molecule has 0 aromatic heterocycles. The monoisotopic (exact) mass is 410 g/mol. The van der Waals surface area contributed by atoms with Gasteiger partial charge in [0.25, 0.3) is 17.7 Å². The lowest BCUT2D eigenvalue weighted by Crippen LogP contribution is -2.48. The summed E-state index contributed by atoms with van der Waals surface area (Å²) in [4.78, 5) is 38.6. The second-order valence-corrected chi connectivity index (χ2v) is 7.94. The number of benzene rings is 2. The minimum atomic E-state index is -1.10. The van der Waals surface area contributed by atoms with Gasteiger partial charge in [-0.25, -0.2) is 5.06 Å². The van der Waals surface area contributed by atoms with Crippen LogP contribution in [0.3, 0.4) is 0 Å². The molecule has 2 heterocycles. The van der Waals surface area contributed by atoms with E-state index in [1.54, 1.807) is 61.5 Å². The van der Waals surface area contributed by atoms with Crippen molar-refractivity contribution in [3.8, 4) is 0 Å². The number of aliphatic hydroxyl groups excluding tert-OH is 1. The smallest absolute Gasteiger partial charge is 0.277 e. The third kappa shape index (κ3) is 3.39. The first kappa shape index (κ1) is 20.2. The maximum atomic E-state index is 12.6. The zero-order chi connectivity index (χ0) is 21.5. The van der Waals surface area contributed by atoms with E-state index in [-0.39, 0.29) is 19.7 Å². The molecule has 8 heteroatoms. The van der Waals surface area contributed by atoms with Gasteiger partial charge in [0.1, 0.15) is 6.10 Å². The van der Waals surface area contributed by atoms with Crippen LogP contribution in [-0.2, 0) is 4.74 Å². The van der Waals surface area contributed by atoms with Gasteiger partial charge in [-0.05, 0) is 24.3 Å². The summed E-state index contributed by atoms with van der Waals surface area (Å²) in [6, 6.07) is 14.9. The van der Waals surface area contributed by atoms with E-state index in [0.717, 1.165) is 4.90 Å². The third-order valence-electron chi connectivity index (χ3n) is 5.70. The molecule has 2 aromatic rings. The average Bonchev–Trinajstić information content (AvgIpc) is 3.17. The molecule has 3 amide bonds. The number of amides is 3. The van der Waals surface area contributed by atoms with Crippen LogP contribution in [0.1, 0.15) is 38.0 Å². The van der Waals surface area contributed by atoms with Crippen molar-refractivity contribution in [3.05, 3.63) is 71.3 Å². The normalized spacial score (nSPS) is 25.5. The molecule has 0 aliphatic carbocycles. The molecule has 0 unspecified atom stereocenters. The molecule has 2 aliphatic rings. The maximum Gasteiger partial charge on any atom is 0.277 e. The Kier molecular flexibility index (Phi) is 5.15. The van der Waals surface area contributed by atoms with Crippen LogP contribution < -0.4 is 0 Å². The predicted molar refractivity (Wildman–Crippen MR) is 105 cm³/mol. The van der Waals surface area contributed by atoms with Gasteiger partial charge in [-0.15, -0.1) is 0 Å². The van der Waals surface area contributed by atoms with E-state index in [1.807, 2.05) is 0 Å². The van der Waals surface area contributed by atoms with Gasteiger partial charge in [-0.1, -0.05) is 37.3 Å². The van der Waals surface area contributed by atoms with Gasteiger partial charge in [0.15, 0.2) is 0 Å². The van der Waals surface area contributed by atoms with E-state index in [4.69, 9.17) is 4.74 Å². The van der Waals surface area contributed by atoms with E-state index in [0.29, 0.717) is 21.8 Å². The van der Waals surface area contributed by atoms with Crippen molar-refractivity contribution in [2.45, 2.75) is 19.1 Å². The van der Waals surface area contributed by atoms with Crippen LogP contribution in [0.25, 0.3) is 0 Å². The number of imide groups is 1. The van der Waals surface area contributed by atoms with Crippen molar-refractivity contribution in [1.29, 1.82) is 0 Å². The molecule has 4 rings (SSSR count). The molecular weight excluding hydrogens is 388 g/mol. The topological polar surface area (TPSA) is 107 Å². The largest absolute Gasteiger partial charge is 0.390 e. The quantitative estimate of drug-likeness (QED) is 0.440. The lowest BCUT2D eigenvalue weighted by molar-refractivity contribution is -0.0942. The molecule has 8 nitrogen and oxygen atoms in total. The molecule has 2 N–H and O–H groups in total. The SMILES string of the molecule is C[C@@]1(CN(O)C(=O)c2ccccc2)CO[C@H](CN2C(=O)c3ccccc3C2=O)[C@H]1O. The zero-order valence-electron chi connectivity index (χ0n) is 16.4. The molecule has 1 fully saturated rings. The summed E-state index contributed by atoms with van der Waals surface area (Å²) in [5, 5.41) is 21.7. The average molecular weight is 410 g/mol. The second kappa shape index (κ2) is 7.64. The fraction of sp³-hybridized carbons (Fsp3) is 0.318. The number of aliphatic hydroxyl groups is 1. The summed E-state index contributed by atoms with van der Waals surface area (Å²) in [5.41, 5.74) is 0.00256. The molecule has 2 aromatic carbocycles. The maximum absolute atomic E-state index is 12.6. The van der Waals surface area contributed by atoms with Gasteiger partial charge in [0.05, 0.1) is 36.9 Å². The Morgan fingerprint density at radius 3 is 2.27 bits per heavy atom. The van der Waals surface area contributed by atoms with Crippen molar-refractivity contribution < 1.29 is 29.4 Å². The van der Waals surface area contributed by atoms with E-state index < -0.39 is 35.3 Å². The van der Waals surface area contributed by atoms with Gasteiger partial charge in [-0.3, -0.25) is 24.5 Å². The van der Waals surface area contributed by atoms with Crippen molar-refractivity contribution in [2.75, 3.05) is 19.7 Å². The van der Waals surface area contributed by atoms with Crippen LogP contribution in [0, 0.1) is 5.41 Å². The summed E-state index contributed by atoms with van der Waals surface area (Å²) >= 11 is 0. The Labute approximate surface area is 173 Å². The van der Waals surface area contributed by atoms with Crippen molar-refractivity contribution >= 4 is 17.7 Å². The zero-order valence-corrected chi connectivity index (χ0v) is 16.4. The molecule has 0 bridgehead atoms. The van der Waals surface area contributed by atoms with Crippen LogP contribution in [-0.4, -0.2) is 69.9 Å². The molecular formula is C22H22N2O6. The number of carbonyl (C=O) groups is 3. The van der Waals surface area contributed by atoms with Crippen LogP contribution in [0.5, 0.6) is 0 Å². The fourth-order valence-electron chi connectivity index (χ4n) is 3.94. The van der Waals surface area contributed by atoms with Gasteiger partial charge in [0.2, 0.25) is 0 Å². The van der Waals surface area contributed by atoms with Gasteiger partial charge in [0, 0.05) is 11.0 Å². The molecule has 2 aliphatic heterocycles. The highest BCUT2D eigenvalue weighted by molar-refractivity contribution is 6.21. The molecule has 30 heavy (non-hydrogen) atoms. The molecule has 0 radical (unpaired) electrons. The number of hydroxylamine groups is 2. The minimum absolute atomic E-state index is 0.0567. The first-order valence-corrected chi connectivity index (χ1v) is 9.62. The highest BCUT2D eigenvalue weighted by Crippen LogP contribution is 2.35. The number of rotatable bonds is 5. The predicted octanol–water partition coefficient (Wildman–Crippen LogP) is 1.58. The number of fused-ring (bicyclic) bond motifs is 1. The van der Waals surface area contributed by atoms with Crippen LogP contribution in [0.15, 0.2) is 54.6 Å². The number of ether oxygens (including phenoxy) is 1. The third-order valence-corrected chi connectivity index (χ3v) is 5.70. The Morgan fingerprint density at radius 1 is 1.10 bits per heavy atom. The lowest BCUT2D eigenvalue weighted by atomic mass is 9.84. The first-order chi connectivity index (χ1) is 14.3. The molecule has 1 saturated heterocycles. The summed E-state index contributed by atoms with van der Waals surface area (Å²) in [6.45, 7) is 1.46. The summed E-state index contributed by atoms with van der Waals surface area (Å²) in [5.74, 6) is -1.45. The highest BCUT2D eigenvalue weighted by Gasteiger charge is 2.49. The van der Waals surface area contributed by atoms with E-state index in [2.05, 4.69) is 0 Å². The molecule has 0 spiro atoms. The Morgan fingerprint density at radius 2 is 1.67 bits per heavy atom. The van der Waals surface area contributed by atoms with Crippen LogP contribution in [0.2, 0.25) is 0 Å². The van der Waals surface area contributed by atoms with Crippen molar-refractivity contribution in [1.82, 2.24) is 9.96 Å². The standard InChI is InChI=1S/C22H22N2O6/c1-22(12-24(29)19(26)14-7-3-2-4-8-14)13-30-17(18(22)25)11-23-20(27)15-9-5-6-10-16(15)21(23)28/h2-10,17-18,25,29H,11-13H2,1H3/t17-,18-,22-/m1/s1. The second-order valence-electron chi connectivity index (χ2n) is 7.94. The van der Waals surface area contributed by atoms with Crippen molar-refractivity contribution in [3.63, 3.8) is 0 Å². The van der Waals surface area contributed by atoms with Gasteiger partial charge >= 0.3 is 0 Å². The number of nitrogens with zero attached hydrogens (tertiary/aromatic N) is 2. The van der Waals surface area contributed by atoms with Gasteiger partial charge < -0.3 is 9.84 Å².